The van der Waals surface area contributed by atoms with Gasteiger partial charge < -0.3 is 30.1 Å². The summed E-state index contributed by atoms with van der Waals surface area (Å²) < 4.78 is 54.7. The first kappa shape index (κ1) is 41.0. The van der Waals surface area contributed by atoms with E-state index in [1.165, 1.54) is 35.2 Å². The number of nitrogens with zero attached hydrogens (tertiary/aromatic N) is 4. The Morgan fingerprint density at radius 1 is 1.09 bits per heavy atom. The Kier molecular flexibility index (Phi) is 11.3. The van der Waals surface area contributed by atoms with Gasteiger partial charge in [0.2, 0.25) is 21.8 Å². The number of para-hydroxylation sites is 1. The van der Waals surface area contributed by atoms with Gasteiger partial charge in [-0.1, -0.05) is 36.4 Å². The highest BCUT2D eigenvalue weighted by Gasteiger charge is 2.61. The molecular weight excluding hydrogens is 772 g/mol. The Morgan fingerprint density at radius 2 is 1.82 bits per heavy atom. The molecular formula is C37H43FN6O12S. The Balaban J connectivity index is 1.33. The summed E-state index contributed by atoms with van der Waals surface area (Å²) in [7, 11) is -4.61. The molecule has 1 saturated heterocycles. The predicted octanol–water partition coefficient (Wildman–Crippen LogP) is 3.05. The van der Waals surface area contributed by atoms with E-state index in [1.54, 1.807) is 32.9 Å². The van der Waals surface area contributed by atoms with Crippen molar-refractivity contribution >= 4 is 45.7 Å². The monoisotopic (exact) mass is 814 g/mol. The minimum absolute atomic E-state index is 0.0171. The number of aliphatic carboxylic acids is 1. The number of carboxylic acids is 1. The van der Waals surface area contributed by atoms with Gasteiger partial charge in [0.25, 0.3) is 5.69 Å². The summed E-state index contributed by atoms with van der Waals surface area (Å²) in [4.78, 5) is 80.3. The van der Waals surface area contributed by atoms with Gasteiger partial charge in [-0.3, -0.25) is 24.6 Å². The van der Waals surface area contributed by atoms with Crippen LogP contribution in [0.3, 0.4) is 0 Å². The number of sulfonamides is 1. The number of benzene rings is 2. The summed E-state index contributed by atoms with van der Waals surface area (Å²) in [5, 5.41) is 27.1. The molecule has 4 aliphatic rings. The van der Waals surface area contributed by atoms with Crippen molar-refractivity contribution in [3.63, 3.8) is 0 Å². The van der Waals surface area contributed by atoms with E-state index in [4.69, 9.17) is 9.47 Å². The average molecular weight is 815 g/mol. The minimum Gasteiger partial charge on any atom is -0.479 e. The van der Waals surface area contributed by atoms with Crippen molar-refractivity contribution < 1.29 is 56.3 Å². The molecule has 6 rings (SSSR count). The number of alkyl carbamates (subject to hydrolysis) is 1. The van der Waals surface area contributed by atoms with Gasteiger partial charge in [0, 0.05) is 43.6 Å². The topological polar surface area (TPSA) is 235 Å². The molecule has 0 radical (unpaired) electrons. The van der Waals surface area contributed by atoms with E-state index < -0.39 is 110 Å². The second kappa shape index (κ2) is 15.7. The van der Waals surface area contributed by atoms with Crippen LogP contribution >= 0.6 is 0 Å². The molecule has 18 nitrogen and oxygen atoms in total. The molecule has 4 amide bonds. The summed E-state index contributed by atoms with van der Waals surface area (Å²) >= 11 is 0. The summed E-state index contributed by atoms with van der Waals surface area (Å²) in [6.45, 7) is 3.62. The quantitative estimate of drug-likeness (QED) is 0.217. The number of nitro groups is 1. The zero-order valence-electron chi connectivity index (χ0n) is 31.4. The summed E-state index contributed by atoms with van der Waals surface area (Å²) in [5.74, 6) is -4.30. The van der Waals surface area contributed by atoms with E-state index >= 15 is 0 Å². The fourth-order valence-electron chi connectivity index (χ4n) is 7.35. The van der Waals surface area contributed by atoms with Crippen molar-refractivity contribution in [3.8, 4) is 0 Å². The van der Waals surface area contributed by atoms with Crippen LogP contribution in [-0.4, -0.2) is 111 Å². The average Bonchev–Trinajstić information content (AvgIpc) is 3.42. The molecule has 1 aliphatic carbocycles. The van der Waals surface area contributed by atoms with Gasteiger partial charge in [-0.2, -0.15) is 4.31 Å². The Morgan fingerprint density at radius 3 is 2.51 bits per heavy atom. The minimum atomic E-state index is -4.61. The van der Waals surface area contributed by atoms with Gasteiger partial charge in [0.1, 0.15) is 35.1 Å². The maximum atomic E-state index is 14.6. The lowest BCUT2D eigenvalue weighted by atomic mass is 10.1. The molecule has 0 unspecified atom stereocenters. The molecule has 20 heteroatoms. The first-order valence-electron chi connectivity index (χ1n) is 18.3. The number of nitro benzene ring substituents is 1. The molecule has 306 valence electrons. The largest absolute Gasteiger partial charge is 0.479 e. The summed E-state index contributed by atoms with van der Waals surface area (Å²) in [6, 6.07) is 6.24. The summed E-state index contributed by atoms with van der Waals surface area (Å²) in [6.07, 6.45) is -0.601. The van der Waals surface area contributed by atoms with E-state index in [2.05, 4.69) is 10.6 Å². The van der Waals surface area contributed by atoms with Gasteiger partial charge in [-0.15, -0.1) is 0 Å². The SMILES string of the molecule is CC(C)(C)OC(=O)N[C@H]1CCN(S(=O)(=O)c2ccccc2[N+](=O)[O-])CC/C=C\[C@@H]2C[C@@]2(C(=O)O)NC(=O)[C@@H]2C[C@@H](OC(=O)N3Cc4cccc(F)c4C3)CN2C1=O. The number of carbonyl (C=O) groups excluding carboxylic acids is 4. The van der Waals surface area contributed by atoms with E-state index in [9.17, 15) is 52.0 Å². The lowest BCUT2D eigenvalue weighted by Crippen LogP contribution is -2.57. The molecule has 2 aromatic carbocycles. The van der Waals surface area contributed by atoms with Crippen LogP contribution in [0.2, 0.25) is 0 Å². The summed E-state index contributed by atoms with van der Waals surface area (Å²) in [5.41, 5.74) is -2.56. The molecule has 57 heavy (non-hydrogen) atoms. The third kappa shape index (κ3) is 8.70. The molecule has 0 spiro atoms. The van der Waals surface area contributed by atoms with E-state index in [0.717, 1.165) is 21.3 Å². The number of hydrogen-bond donors (Lipinski definition) is 3. The third-order valence-electron chi connectivity index (χ3n) is 10.3. The van der Waals surface area contributed by atoms with Crippen LogP contribution < -0.4 is 10.6 Å². The number of rotatable bonds is 6. The van der Waals surface area contributed by atoms with Crippen molar-refractivity contribution in [1.82, 2.24) is 24.7 Å². The number of hydrogen-bond acceptors (Lipinski definition) is 11. The Hall–Kier alpha value is -5.63. The van der Waals surface area contributed by atoms with Gasteiger partial charge in [-0.25, -0.2) is 27.2 Å². The molecule has 2 aromatic rings. The number of amides is 4. The number of carboxylic acid groups (broad SMARTS) is 1. The zero-order chi connectivity index (χ0) is 41.4. The fourth-order valence-corrected chi connectivity index (χ4v) is 8.97. The van der Waals surface area contributed by atoms with E-state index in [0.29, 0.717) is 11.1 Å². The lowest BCUT2D eigenvalue weighted by Gasteiger charge is -2.31. The van der Waals surface area contributed by atoms with Crippen molar-refractivity contribution in [2.75, 3.05) is 19.6 Å². The number of ether oxygens (including phenoxy) is 2. The lowest BCUT2D eigenvalue weighted by molar-refractivity contribution is -0.387. The highest BCUT2D eigenvalue weighted by molar-refractivity contribution is 7.89. The molecule has 3 heterocycles. The first-order chi connectivity index (χ1) is 26.8. The second-order valence-electron chi connectivity index (χ2n) is 15.4. The van der Waals surface area contributed by atoms with Crippen LogP contribution in [0.1, 0.15) is 57.6 Å². The van der Waals surface area contributed by atoms with Crippen LogP contribution in [0, 0.1) is 21.8 Å². The molecule has 0 bridgehead atoms. The first-order valence-corrected chi connectivity index (χ1v) is 19.7. The third-order valence-corrected chi connectivity index (χ3v) is 12.2. The maximum absolute atomic E-state index is 14.6. The van der Waals surface area contributed by atoms with Crippen LogP contribution in [-0.2, 0) is 47.0 Å². The molecule has 2 fully saturated rings. The zero-order valence-corrected chi connectivity index (χ0v) is 32.2. The highest BCUT2D eigenvalue weighted by Crippen LogP contribution is 2.45. The number of halogens is 1. The number of nitrogens with one attached hydrogen (secondary N) is 2. The van der Waals surface area contributed by atoms with E-state index in [-0.39, 0.29) is 45.4 Å². The number of fused-ring (bicyclic) bond motifs is 3. The molecule has 0 aromatic heterocycles. The van der Waals surface area contributed by atoms with Crippen molar-refractivity contribution in [2.24, 2.45) is 5.92 Å². The fraction of sp³-hybridized carbons (Fsp3) is 0.486. The van der Waals surface area contributed by atoms with Crippen LogP contribution in [0.15, 0.2) is 59.5 Å². The maximum Gasteiger partial charge on any atom is 0.410 e. The molecule has 5 atom stereocenters. The smallest absolute Gasteiger partial charge is 0.410 e. The van der Waals surface area contributed by atoms with Crippen molar-refractivity contribution in [2.45, 2.75) is 93.8 Å². The standard InChI is InChI=1S/C37H43FN6O12S/c1-36(2,3)56-34(49)39-27-14-16-42(57(53,54)30-13-5-4-12-28(30)44(51)52)15-7-6-10-23-18-37(23,33(47)48)40-31(45)29-17-24(20-43(29)32(27)46)55-35(50)41-19-22-9-8-11-26(38)25(22)21-41/h4-6,8-13,23-24,27,29H,7,14-21H2,1-3H3,(H,39,49)(H,40,45)(H,47,48)/b10-6-/t23-,24-,27+,29+,37-/m1/s1. The van der Waals surface area contributed by atoms with Gasteiger partial charge >= 0.3 is 18.2 Å². The predicted molar refractivity (Wildman–Crippen MR) is 196 cm³/mol. The van der Waals surface area contributed by atoms with Crippen molar-refractivity contribution in [3.05, 3.63) is 81.7 Å². The van der Waals surface area contributed by atoms with Crippen molar-refractivity contribution in [1.29, 1.82) is 0 Å². The Labute approximate surface area is 327 Å². The number of carbonyl (C=O) groups is 5. The van der Waals surface area contributed by atoms with Gasteiger partial charge in [-0.05, 0) is 57.7 Å². The van der Waals surface area contributed by atoms with Crippen LogP contribution in [0.5, 0.6) is 0 Å². The van der Waals surface area contributed by atoms with Gasteiger partial charge in [0.05, 0.1) is 18.0 Å². The second-order valence-corrected chi connectivity index (χ2v) is 17.3. The highest BCUT2D eigenvalue weighted by atomic mass is 32.2. The molecule has 3 N–H and O–H groups in total. The van der Waals surface area contributed by atoms with Crippen LogP contribution in [0.4, 0.5) is 19.7 Å². The Bertz CT molecular complexity index is 2130. The normalized spacial score (nSPS) is 26.1. The van der Waals surface area contributed by atoms with E-state index in [1.807, 2.05) is 0 Å². The molecule has 3 aliphatic heterocycles. The molecule has 1 saturated carbocycles. The van der Waals surface area contributed by atoms with Gasteiger partial charge in [0.15, 0.2) is 4.90 Å². The van der Waals surface area contributed by atoms with Crippen LogP contribution in [0.25, 0.3) is 0 Å².